The number of nitrogens with two attached hydrogens (primary N) is 3. The van der Waals surface area contributed by atoms with Gasteiger partial charge in [0.1, 0.15) is 23.9 Å². The monoisotopic (exact) mass is 641 g/mol. The van der Waals surface area contributed by atoms with Crippen LogP contribution in [0.2, 0.25) is 0 Å². The molecule has 47 heavy (non-hydrogen) atoms. The fourth-order valence-electron chi connectivity index (χ4n) is 5.37. The molecule has 4 atom stereocenters. The smallest absolute Gasteiger partial charge is 0.243 e. The Balaban J connectivity index is 1.53. The number of phenols is 1. The lowest BCUT2D eigenvalue weighted by Crippen LogP contribution is -2.58. The first-order valence-electron chi connectivity index (χ1n) is 15.7. The van der Waals surface area contributed by atoms with Crippen molar-refractivity contribution in [2.75, 3.05) is 6.54 Å². The number of unbranched alkanes of at least 4 members (excludes halogenated alkanes) is 1. The van der Waals surface area contributed by atoms with Crippen LogP contribution in [0.4, 0.5) is 0 Å². The van der Waals surface area contributed by atoms with Crippen LogP contribution in [-0.2, 0) is 38.4 Å². The molecule has 11 N–H and O–H groups in total. The van der Waals surface area contributed by atoms with Gasteiger partial charge in [-0.25, -0.2) is 0 Å². The normalized spacial score (nSPS) is 13.7. The number of hydrogen-bond donors (Lipinski definition) is 8. The van der Waals surface area contributed by atoms with Crippen LogP contribution in [0, 0.1) is 0 Å². The SMILES string of the molecule is NCCCC[C@H](NC(=O)[C@H](Cc1c[nH]c2ccccc12)NC(=O)[C@@H](N)Cc1ccccc1)C(=O)N[C@@H](Cc1ccc(O)cc1)C(N)=O. The molecule has 0 fully saturated rings. The standard InChI is InChI=1S/C35H43N7O5/c36-17-7-6-12-29(34(46)41-30(32(38)44)19-23-13-15-25(43)16-14-23)40-35(47)31(20-24-21-39-28-11-5-4-10-26(24)28)42-33(45)27(37)18-22-8-2-1-3-9-22/h1-5,8-11,13-16,21,27,29-31,39,43H,6-7,12,17-20,36-37H2,(H2,38,44)(H,40,47)(H,41,46)(H,42,45)/t27-,29-,30-,31-/m0/s1. The van der Waals surface area contributed by atoms with E-state index in [0.717, 1.165) is 22.0 Å². The summed E-state index contributed by atoms with van der Waals surface area (Å²) in [6, 6.07) is 19.0. The van der Waals surface area contributed by atoms with Crippen LogP contribution < -0.4 is 33.2 Å². The van der Waals surface area contributed by atoms with Gasteiger partial charge in [-0.05, 0) is 67.1 Å². The molecule has 0 aliphatic rings. The largest absolute Gasteiger partial charge is 0.508 e. The summed E-state index contributed by atoms with van der Waals surface area (Å²) in [7, 11) is 0. The van der Waals surface area contributed by atoms with Gasteiger partial charge >= 0.3 is 0 Å². The van der Waals surface area contributed by atoms with Crippen molar-refractivity contribution in [3.63, 3.8) is 0 Å². The molecule has 12 heteroatoms. The van der Waals surface area contributed by atoms with Crippen molar-refractivity contribution in [2.24, 2.45) is 17.2 Å². The van der Waals surface area contributed by atoms with Gasteiger partial charge in [0.2, 0.25) is 23.6 Å². The van der Waals surface area contributed by atoms with Crippen LogP contribution in [0.1, 0.15) is 36.0 Å². The molecule has 4 rings (SSSR count). The fourth-order valence-corrected chi connectivity index (χ4v) is 5.37. The molecule has 1 aromatic heterocycles. The van der Waals surface area contributed by atoms with E-state index in [4.69, 9.17) is 17.2 Å². The first-order chi connectivity index (χ1) is 22.6. The highest BCUT2D eigenvalue weighted by Crippen LogP contribution is 2.20. The summed E-state index contributed by atoms with van der Waals surface area (Å²) in [6.07, 6.45) is 3.64. The molecule has 0 bridgehead atoms. The van der Waals surface area contributed by atoms with Crippen molar-refractivity contribution in [1.29, 1.82) is 0 Å². The minimum atomic E-state index is -1.07. The lowest BCUT2D eigenvalue weighted by molar-refractivity contribution is -0.133. The highest BCUT2D eigenvalue weighted by atomic mass is 16.3. The lowest BCUT2D eigenvalue weighted by atomic mass is 10.0. The van der Waals surface area contributed by atoms with Crippen LogP contribution in [0.3, 0.4) is 0 Å². The first-order valence-corrected chi connectivity index (χ1v) is 15.7. The van der Waals surface area contributed by atoms with Gasteiger partial charge < -0.3 is 43.2 Å². The highest BCUT2D eigenvalue weighted by Gasteiger charge is 2.30. The second kappa shape index (κ2) is 16.9. The second-order valence-electron chi connectivity index (χ2n) is 11.6. The summed E-state index contributed by atoms with van der Waals surface area (Å²) in [5.41, 5.74) is 20.8. The van der Waals surface area contributed by atoms with Crippen molar-refractivity contribution >= 4 is 34.5 Å². The molecular formula is C35H43N7O5. The summed E-state index contributed by atoms with van der Waals surface area (Å²) >= 11 is 0. The number of fused-ring (bicyclic) bond motifs is 1. The number of carbonyl (C=O) groups excluding carboxylic acids is 4. The predicted molar refractivity (Wildman–Crippen MR) is 180 cm³/mol. The van der Waals surface area contributed by atoms with E-state index in [9.17, 15) is 24.3 Å². The van der Waals surface area contributed by atoms with E-state index < -0.39 is 47.8 Å². The average molecular weight is 642 g/mol. The molecule has 1 heterocycles. The maximum absolute atomic E-state index is 13.9. The molecule has 4 aromatic rings. The molecule has 3 aromatic carbocycles. The number of carbonyl (C=O) groups is 4. The molecule has 0 aliphatic heterocycles. The number of aromatic hydroxyl groups is 1. The minimum absolute atomic E-state index is 0.0615. The third kappa shape index (κ3) is 10.1. The van der Waals surface area contributed by atoms with Crippen LogP contribution >= 0.6 is 0 Å². The van der Waals surface area contributed by atoms with Crippen LogP contribution in [0.25, 0.3) is 10.9 Å². The Bertz CT molecular complexity index is 1640. The molecule has 0 saturated carbocycles. The van der Waals surface area contributed by atoms with Gasteiger partial charge in [-0.3, -0.25) is 19.2 Å². The Hall–Kier alpha value is -5.20. The molecule has 4 amide bonds. The maximum Gasteiger partial charge on any atom is 0.243 e. The Morgan fingerprint density at radius 3 is 2.02 bits per heavy atom. The van der Waals surface area contributed by atoms with E-state index in [-0.39, 0.29) is 31.4 Å². The van der Waals surface area contributed by atoms with Gasteiger partial charge in [0.25, 0.3) is 0 Å². The summed E-state index contributed by atoms with van der Waals surface area (Å²) in [4.78, 5) is 56.3. The quantitative estimate of drug-likeness (QED) is 0.0789. The number of nitrogens with one attached hydrogen (secondary N) is 4. The van der Waals surface area contributed by atoms with Crippen molar-refractivity contribution in [3.8, 4) is 5.75 Å². The van der Waals surface area contributed by atoms with E-state index >= 15 is 0 Å². The van der Waals surface area contributed by atoms with Crippen molar-refractivity contribution in [1.82, 2.24) is 20.9 Å². The number of phenolic OH excluding ortho intramolecular Hbond substituents is 1. The molecule has 0 radical (unpaired) electrons. The number of benzene rings is 3. The van der Waals surface area contributed by atoms with Gasteiger partial charge in [-0.2, -0.15) is 0 Å². The van der Waals surface area contributed by atoms with E-state index in [1.54, 1.807) is 18.3 Å². The molecule has 248 valence electrons. The number of amides is 4. The van der Waals surface area contributed by atoms with Crippen LogP contribution in [-0.4, -0.2) is 64.4 Å². The Labute approximate surface area is 273 Å². The molecule has 0 unspecified atom stereocenters. The first kappa shape index (κ1) is 34.7. The van der Waals surface area contributed by atoms with Crippen molar-refractivity contribution < 1.29 is 24.3 Å². The third-order valence-corrected chi connectivity index (χ3v) is 7.98. The van der Waals surface area contributed by atoms with Gasteiger partial charge in [-0.1, -0.05) is 60.7 Å². The van der Waals surface area contributed by atoms with Gasteiger partial charge in [0.05, 0.1) is 6.04 Å². The summed E-state index contributed by atoms with van der Waals surface area (Å²) in [6.45, 7) is 0.394. The Morgan fingerprint density at radius 2 is 1.32 bits per heavy atom. The molecule has 0 aliphatic carbocycles. The highest BCUT2D eigenvalue weighted by molar-refractivity contribution is 5.95. The number of H-pyrrole nitrogens is 1. The molecule has 12 nitrogen and oxygen atoms in total. The zero-order valence-corrected chi connectivity index (χ0v) is 26.2. The van der Waals surface area contributed by atoms with Crippen LogP contribution in [0.15, 0.2) is 85.1 Å². The zero-order chi connectivity index (χ0) is 33.8. The topological polar surface area (TPSA) is 218 Å². The number of hydrogen-bond acceptors (Lipinski definition) is 7. The van der Waals surface area contributed by atoms with Gasteiger partial charge in [0.15, 0.2) is 0 Å². The van der Waals surface area contributed by atoms with E-state index in [2.05, 4.69) is 20.9 Å². The number of rotatable bonds is 17. The van der Waals surface area contributed by atoms with Crippen molar-refractivity contribution in [2.45, 2.75) is 62.7 Å². The van der Waals surface area contributed by atoms with Gasteiger partial charge in [0, 0.05) is 29.9 Å². The number of aromatic amines is 1. The van der Waals surface area contributed by atoms with E-state index in [1.807, 2.05) is 54.6 Å². The Morgan fingerprint density at radius 1 is 0.702 bits per heavy atom. The number of aromatic nitrogens is 1. The zero-order valence-electron chi connectivity index (χ0n) is 26.2. The molecule has 0 spiro atoms. The molecular weight excluding hydrogens is 598 g/mol. The lowest BCUT2D eigenvalue weighted by Gasteiger charge is -2.25. The predicted octanol–water partition coefficient (Wildman–Crippen LogP) is 1.30. The summed E-state index contributed by atoms with van der Waals surface area (Å²) in [5.74, 6) is -2.39. The average Bonchev–Trinajstić information content (AvgIpc) is 3.47. The number of primary amides is 1. The fraction of sp³-hybridized carbons (Fsp3) is 0.314. The second-order valence-corrected chi connectivity index (χ2v) is 11.6. The summed E-state index contributed by atoms with van der Waals surface area (Å²) in [5, 5.41) is 18.8. The van der Waals surface area contributed by atoms with Gasteiger partial charge in [-0.15, -0.1) is 0 Å². The van der Waals surface area contributed by atoms with E-state index in [0.29, 0.717) is 24.9 Å². The van der Waals surface area contributed by atoms with Crippen molar-refractivity contribution in [3.05, 3.63) is 102 Å². The Kier molecular flexibility index (Phi) is 12.5. The van der Waals surface area contributed by atoms with Crippen LogP contribution in [0.5, 0.6) is 5.75 Å². The summed E-state index contributed by atoms with van der Waals surface area (Å²) < 4.78 is 0. The number of para-hydroxylation sites is 1. The molecule has 0 saturated heterocycles. The minimum Gasteiger partial charge on any atom is -0.508 e. The maximum atomic E-state index is 13.9. The third-order valence-electron chi connectivity index (χ3n) is 7.98. The van der Waals surface area contributed by atoms with E-state index in [1.165, 1.54) is 12.1 Å².